The van der Waals surface area contributed by atoms with Gasteiger partial charge in [0.2, 0.25) is 5.92 Å². The van der Waals surface area contributed by atoms with Crippen LogP contribution < -0.4 is 0 Å². The molecule has 0 saturated carbocycles. The molecule has 74 valence electrons. The molecule has 12 heavy (non-hydrogen) atoms. The number of halogens is 5. The van der Waals surface area contributed by atoms with E-state index in [1.807, 2.05) is 0 Å². The zero-order valence-corrected chi connectivity index (χ0v) is 6.42. The van der Waals surface area contributed by atoms with Crippen LogP contribution in [0.1, 0.15) is 13.3 Å². The summed E-state index contributed by atoms with van der Waals surface area (Å²) in [4.78, 5) is 0. The average molecular weight is 192 g/mol. The van der Waals surface area contributed by atoms with E-state index in [0.717, 1.165) is 0 Å². The Hall–Kier alpha value is -0.390. The fraction of sp³-hybridized carbons (Fsp3) is 1.00. The van der Waals surface area contributed by atoms with E-state index in [1.54, 1.807) is 0 Å². The summed E-state index contributed by atoms with van der Waals surface area (Å²) in [6.07, 6.45) is -5.13. The maximum atomic E-state index is 12.0. The van der Waals surface area contributed by atoms with Gasteiger partial charge in [0.1, 0.15) is 6.61 Å². The third-order valence-electron chi connectivity index (χ3n) is 0.951. The van der Waals surface area contributed by atoms with Crippen LogP contribution >= 0.6 is 0 Å². The molecule has 0 heterocycles. The first-order valence-electron chi connectivity index (χ1n) is 3.23. The number of alkyl halides is 5. The standard InChI is InChI=1S/C6H9F5O/c1-5(7,8)2-3-12-4-6(9,10)11/h2-4H2,1H3. The molecule has 0 aliphatic rings. The van der Waals surface area contributed by atoms with Gasteiger partial charge in [-0.25, -0.2) is 8.78 Å². The van der Waals surface area contributed by atoms with Crippen LogP contribution in [0.4, 0.5) is 22.0 Å². The lowest BCUT2D eigenvalue weighted by Crippen LogP contribution is -2.20. The first-order chi connectivity index (χ1) is 5.21. The molecule has 0 bridgehead atoms. The Labute approximate surface area is 66.5 Å². The van der Waals surface area contributed by atoms with Crippen LogP contribution in [0.25, 0.3) is 0 Å². The topological polar surface area (TPSA) is 9.23 Å². The van der Waals surface area contributed by atoms with Crippen molar-refractivity contribution in [2.45, 2.75) is 25.4 Å². The van der Waals surface area contributed by atoms with Crippen molar-refractivity contribution in [3.8, 4) is 0 Å². The molecule has 0 unspecified atom stereocenters. The minimum Gasteiger partial charge on any atom is -0.372 e. The van der Waals surface area contributed by atoms with E-state index in [0.29, 0.717) is 6.92 Å². The Morgan fingerprint density at radius 2 is 1.58 bits per heavy atom. The monoisotopic (exact) mass is 192 g/mol. The summed E-state index contributed by atoms with van der Waals surface area (Å²) < 4.78 is 62.0. The molecule has 6 heteroatoms. The summed E-state index contributed by atoms with van der Waals surface area (Å²) in [6, 6.07) is 0. The van der Waals surface area contributed by atoms with E-state index in [2.05, 4.69) is 4.74 Å². The zero-order valence-electron chi connectivity index (χ0n) is 6.42. The Morgan fingerprint density at radius 1 is 1.08 bits per heavy atom. The molecule has 0 spiro atoms. The second-order valence-electron chi connectivity index (χ2n) is 2.49. The van der Waals surface area contributed by atoms with Gasteiger partial charge in [-0.3, -0.25) is 0 Å². The Morgan fingerprint density at radius 3 is 1.92 bits per heavy atom. The van der Waals surface area contributed by atoms with Crippen molar-refractivity contribution in [3.05, 3.63) is 0 Å². The predicted molar refractivity (Wildman–Crippen MR) is 32.1 cm³/mol. The van der Waals surface area contributed by atoms with Crippen LogP contribution in [0.5, 0.6) is 0 Å². The van der Waals surface area contributed by atoms with Crippen LogP contribution in [0.15, 0.2) is 0 Å². The van der Waals surface area contributed by atoms with Crippen molar-refractivity contribution in [2.24, 2.45) is 0 Å². The van der Waals surface area contributed by atoms with E-state index in [9.17, 15) is 22.0 Å². The molecule has 0 aromatic rings. The Balaban J connectivity index is 3.35. The van der Waals surface area contributed by atoms with Crippen molar-refractivity contribution >= 4 is 0 Å². The Bertz CT molecular complexity index is 109. The number of ether oxygens (including phenoxy) is 1. The smallest absolute Gasteiger partial charge is 0.372 e. The molecule has 0 aromatic carbocycles. The summed E-state index contributed by atoms with van der Waals surface area (Å²) in [5.74, 6) is -2.97. The fourth-order valence-electron chi connectivity index (χ4n) is 0.439. The predicted octanol–water partition coefficient (Wildman–Crippen LogP) is 2.61. The van der Waals surface area contributed by atoms with Crippen LogP contribution in [-0.4, -0.2) is 25.3 Å². The highest BCUT2D eigenvalue weighted by Crippen LogP contribution is 2.18. The molecular weight excluding hydrogens is 183 g/mol. The maximum Gasteiger partial charge on any atom is 0.411 e. The molecule has 0 aliphatic heterocycles. The van der Waals surface area contributed by atoms with Gasteiger partial charge >= 0.3 is 6.18 Å². The first-order valence-corrected chi connectivity index (χ1v) is 3.23. The summed E-state index contributed by atoms with van der Waals surface area (Å²) in [7, 11) is 0. The molecule has 0 aliphatic carbocycles. The normalized spacial score (nSPS) is 13.5. The van der Waals surface area contributed by atoms with Gasteiger partial charge in [-0.05, 0) is 6.92 Å². The zero-order chi connectivity index (χ0) is 9.83. The van der Waals surface area contributed by atoms with Crippen LogP contribution in [0.2, 0.25) is 0 Å². The number of rotatable bonds is 4. The minimum absolute atomic E-state index is 0.580. The summed E-state index contributed by atoms with van der Waals surface area (Å²) >= 11 is 0. The highest BCUT2D eigenvalue weighted by molar-refractivity contribution is 4.56. The van der Waals surface area contributed by atoms with E-state index >= 15 is 0 Å². The molecule has 0 rings (SSSR count). The summed E-state index contributed by atoms with van der Waals surface area (Å²) in [5, 5.41) is 0. The van der Waals surface area contributed by atoms with Gasteiger partial charge in [0.05, 0.1) is 6.61 Å². The average Bonchev–Trinajstić information content (AvgIpc) is 1.76. The third kappa shape index (κ3) is 9.61. The molecule has 0 N–H and O–H groups in total. The van der Waals surface area contributed by atoms with E-state index in [-0.39, 0.29) is 0 Å². The van der Waals surface area contributed by atoms with Crippen molar-refractivity contribution in [1.82, 2.24) is 0 Å². The lowest BCUT2D eigenvalue weighted by atomic mass is 10.3. The van der Waals surface area contributed by atoms with Crippen LogP contribution in [-0.2, 0) is 4.74 Å². The quantitative estimate of drug-likeness (QED) is 0.491. The highest BCUT2D eigenvalue weighted by atomic mass is 19.4. The molecule has 0 saturated heterocycles. The number of hydrogen-bond acceptors (Lipinski definition) is 1. The maximum absolute atomic E-state index is 12.0. The largest absolute Gasteiger partial charge is 0.411 e. The third-order valence-corrected chi connectivity index (χ3v) is 0.951. The van der Waals surface area contributed by atoms with Gasteiger partial charge in [0.25, 0.3) is 0 Å². The molecule has 0 aromatic heterocycles. The van der Waals surface area contributed by atoms with E-state index in [1.165, 1.54) is 0 Å². The first kappa shape index (κ1) is 11.6. The van der Waals surface area contributed by atoms with Gasteiger partial charge < -0.3 is 4.74 Å². The molecule has 0 fully saturated rings. The van der Waals surface area contributed by atoms with Crippen molar-refractivity contribution in [2.75, 3.05) is 13.2 Å². The SMILES string of the molecule is CC(F)(F)CCOCC(F)(F)F. The van der Waals surface area contributed by atoms with Gasteiger partial charge in [-0.15, -0.1) is 0 Å². The molecular formula is C6H9F5O. The van der Waals surface area contributed by atoms with Gasteiger partial charge in [0, 0.05) is 6.42 Å². The minimum atomic E-state index is -4.44. The van der Waals surface area contributed by atoms with Crippen LogP contribution in [0.3, 0.4) is 0 Å². The molecule has 1 nitrogen and oxygen atoms in total. The Kier molecular flexibility index (Phi) is 3.89. The highest BCUT2D eigenvalue weighted by Gasteiger charge is 2.28. The second kappa shape index (κ2) is 4.02. The number of hydrogen-bond donors (Lipinski definition) is 0. The van der Waals surface area contributed by atoms with Crippen molar-refractivity contribution < 1.29 is 26.7 Å². The molecule has 0 atom stereocenters. The lowest BCUT2D eigenvalue weighted by molar-refractivity contribution is -0.177. The molecule has 0 amide bonds. The van der Waals surface area contributed by atoms with Crippen molar-refractivity contribution in [3.63, 3.8) is 0 Å². The summed E-state index contributed by atoms with van der Waals surface area (Å²) in [6.45, 7) is -1.42. The van der Waals surface area contributed by atoms with Gasteiger partial charge in [-0.2, -0.15) is 13.2 Å². The van der Waals surface area contributed by atoms with Gasteiger partial charge in [-0.1, -0.05) is 0 Å². The molecule has 0 radical (unpaired) electrons. The van der Waals surface area contributed by atoms with Crippen LogP contribution in [0, 0.1) is 0 Å². The second-order valence-corrected chi connectivity index (χ2v) is 2.49. The van der Waals surface area contributed by atoms with E-state index < -0.39 is 31.7 Å². The van der Waals surface area contributed by atoms with Crippen molar-refractivity contribution in [1.29, 1.82) is 0 Å². The van der Waals surface area contributed by atoms with Gasteiger partial charge in [0.15, 0.2) is 0 Å². The lowest BCUT2D eigenvalue weighted by Gasteiger charge is -2.11. The van der Waals surface area contributed by atoms with E-state index in [4.69, 9.17) is 0 Å². The summed E-state index contributed by atoms with van der Waals surface area (Å²) in [5.41, 5.74) is 0. The fourth-order valence-corrected chi connectivity index (χ4v) is 0.439.